The Morgan fingerprint density at radius 2 is 2.00 bits per heavy atom. The second kappa shape index (κ2) is 4.95. The van der Waals surface area contributed by atoms with Crippen molar-refractivity contribution in [2.45, 2.75) is 19.9 Å². The van der Waals surface area contributed by atoms with Crippen molar-refractivity contribution in [3.63, 3.8) is 0 Å². The van der Waals surface area contributed by atoms with E-state index in [9.17, 15) is 9.59 Å². The number of hydrogen-bond donors (Lipinski definition) is 0. The molecule has 2 rings (SSSR count). The lowest BCUT2D eigenvalue weighted by Crippen LogP contribution is -2.26. The predicted octanol–water partition coefficient (Wildman–Crippen LogP) is 1.93. The van der Waals surface area contributed by atoms with Crippen LogP contribution < -0.4 is 0 Å². The van der Waals surface area contributed by atoms with Crippen LogP contribution in [0, 0.1) is 0 Å². The highest BCUT2D eigenvalue weighted by Gasteiger charge is 2.24. The van der Waals surface area contributed by atoms with Gasteiger partial charge in [-0.1, -0.05) is 36.4 Å². The molecule has 1 aromatic rings. The molecule has 1 aliphatic heterocycles. The summed E-state index contributed by atoms with van der Waals surface area (Å²) in [5, 5.41) is 0. The zero-order chi connectivity index (χ0) is 12.3. The molecule has 1 aromatic carbocycles. The third kappa shape index (κ3) is 2.81. The monoisotopic (exact) mass is 229 g/mol. The van der Waals surface area contributed by atoms with Crippen molar-refractivity contribution in [1.29, 1.82) is 0 Å². The van der Waals surface area contributed by atoms with Crippen LogP contribution in [-0.2, 0) is 16.1 Å². The van der Waals surface area contributed by atoms with Gasteiger partial charge in [0.25, 0.3) is 5.91 Å². The third-order valence-electron chi connectivity index (χ3n) is 2.78. The summed E-state index contributed by atoms with van der Waals surface area (Å²) in [6.07, 6.45) is 2.11. The molecule has 0 radical (unpaired) electrons. The van der Waals surface area contributed by atoms with Gasteiger partial charge in [0, 0.05) is 25.1 Å². The summed E-state index contributed by atoms with van der Waals surface area (Å²) in [5.74, 6) is 0.0233. The van der Waals surface area contributed by atoms with Crippen LogP contribution in [0.3, 0.4) is 0 Å². The van der Waals surface area contributed by atoms with Crippen molar-refractivity contribution in [2.75, 3.05) is 6.54 Å². The summed E-state index contributed by atoms with van der Waals surface area (Å²) in [7, 11) is 0. The molecule has 0 aliphatic carbocycles. The number of ketones is 1. The highest BCUT2D eigenvalue weighted by molar-refractivity contribution is 6.00. The van der Waals surface area contributed by atoms with Crippen LogP contribution in [0.15, 0.2) is 42.0 Å². The highest BCUT2D eigenvalue weighted by atomic mass is 16.2. The lowest BCUT2D eigenvalue weighted by Gasteiger charge is -2.16. The van der Waals surface area contributed by atoms with E-state index in [0.717, 1.165) is 5.56 Å². The van der Waals surface area contributed by atoms with Crippen LogP contribution >= 0.6 is 0 Å². The minimum absolute atomic E-state index is 0.0101. The van der Waals surface area contributed by atoms with E-state index >= 15 is 0 Å². The molecular formula is C14H15NO2. The van der Waals surface area contributed by atoms with Crippen LogP contribution in [-0.4, -0.2) is 23.1 Å². The Morgan fingerprint density at radius 3 is 2.65 bits per heavy atom. The average Bonchev–Trinajstić information content (AvgIpc) is 2.62. The Balaban J connectivity index is 1.99. The van der Waals surface area contributed by atoms with Crippen LogP contribution in [0.25, 0.3) is 0 Å². The van der Waals surface area contributed by atoms with Crippen LogP contribution in [0.2, 0.25) is 0 Å². The molecule has 0 atom stereocenters. The molecule has 0 fully saturated rings. The van der Waals surface area contributed by atoms with Crippen molar-refractivity contribution in [1.82, 2.24) is 4.90 Å². The molecule has 88 valence electrons. The fourth-order valence-electron chi connectivity index (χ4n) is 1.95. The molecule has 0 saturated carbocycles. The predicted molar refractivity (Wildman–Crippen MR) is 65.2 cm³/mol. The second-order valence-electron chi connectivity index (χ2n) is 4.28. The van der Waals surface area contributed by atoms with E-state index in [1.54, 1.807) is 4.90 Å². The molecule has 0 spiro atoms. The normalized spacial score (nSPS) is 15.0. The van der Waals surface area contributed by atoms with Gasteiger partial charge >= 0.3 is 0 Å². The summed E-state index contributed by atoms with van der Waals surface area (Å²) >= 11 is 0. The smallest absolute Gasteiger partial charge is 0.250 e. The van der Waals surface area contributed by atoms with Gasteiger partial charge in [0.05, 0.1) is 0 Å². The maximum Gasteiger partial charge on any atom is 0.250 e. The standard InChI is InChI=1S/C14H15NO2/c1-11(16)9-13-7-8-15(14(13)17)10-12-5-3-2-4-6-12/h2-7H,8-10H2,1H3. The molecule has 0 bridgehead atoms. The summed E-state index contributed by atoms with van der Waals surface area (Å²) in [4.78, 5) is 24.7. The zero-order valence-corrected chi connectivity index (χ0v) is 9.85. The van der Waals surface area contributed by atoms with Gasteiger partial charge in [-0.05, 0) is 12.5 Å². The third-order valence-corrected chi connectivity index (χ3v) is 2.78. The summed E-state index contributed by atoms with van der Waals surface area (Å²) in [5.41, 5.74) is 1.74. The lowest BCUT2D eigenvalue weighted by molar-refractivity contribution is -0.127. The van der Waals surface area contributed by atoms with Gasteiger partial charge in [0.1, 0.15) is 5.78 Å². The number of carbonyl (C=O) groups excluding carboxylic acids is 2. The number of carbonyl (C=O) groups is 2. The number of benzene rings is 1. The molecule has 0 N–H and O–H groups in total. The SMILES string of the molecule is CC(=O)CC1=CCN(Cc2ccccc2)C1=O. The average molecular weight is 229 g/mol. The van der Waals surface area contributed by atoms with E-state index < -0.39 is 0 Å². The molecule has 3 heteroatoms. The summed E-state index contributed by atoms with van der Waals surface area (Å²) in [6, 6.07) is 9.86. The Labute approximate surface area is 101 Å². The topological polar surface area (TPSA) is 37.4 Å². The van der Waals surface area contributed by atoms with E-state index in [2.05, 4.69) is 0 Å². The molecule has 3 nitrogen and oxygen atoms in total. The first kappa shape index (κ1) is 11.6. The maximum absolute atomic E-state index is 12.0. The van der Waals surface area contributed by atoms with Crippen molar-refractivity contribution in [3.8, 4) is 0 Å². The first-order valence-electron chi connectivity index (χ1n) is 5.68. The quantitative estimate of drug-likeness (QED) is 0.791. The second-order valence-corrected chi connectivity index (χ2v) is 4.28. The summed E-state index contributed by atoms with van der Waals surface area (Å²) in [6.45, 7) is 2.72. The van der Waals surface area contributed by atoms with Gasteiger partial charge in [0.2, 0.25) is 0 Å². The Hall–Kier alpha value is -1.90. The molecule has 0 aromatic heterocycles. The largest absolute Gasteiger partial charge is 0.331 e. The van der Waals surface area contributed by atoms with Crippen molar-refractivity contribution < 1.29 is 9.59 Å². The van der Waals surface area contributed by atoms with Crippen molar-refractivity contribution in [3.05, 3.63) is 47.5 Å². The van der Waals surface area contributed by atoms with Gasteiger partial charge < -0.3 is 4.90 Å². The van der Waals surface area contributed by atoms with Gasteiger partial charge in [-0.2, -0.15) is 0 Å². The summed E-state index contributed by atoms with van der Waals surface area (Å²) < 4.78 is 0. The van der Waals surface area contributed by atoms with Crippen molar-refractivity contribution in [2.24, 2.45) is 0 Å². The number of rotatable bonds is 4. The number of amides is 1. The number of hydrogen-bond acceptors (Lipinski definition) is 2. The highest BCUT2D eigenvalue weighted by Crippen LogP contribution is 2.17. The molecule has 0 unspecified atom stereocenters. The lowest BCUT2D eigenvalue weighted by atomic mass is 10.1. The fourth-order valence-corrected chi connectivity index (χ4v) is 1.95. The van der Waals surface area contributed by atoms with E-state index in [0.29, 0.717) is 18.7 Å². The van der Waals surface area contributed by atoms with Crippen LogP contribution in [0.5, 0.6) is 0 Å². The molecule has 1 heterocycles. The Bertz CT molecular complexity index is 462. The number of Topliss-reactive ketones (excluding diaryl/α,β-unsaturated/α-hetero) is 1. The molecule has 17 heavy (non-hydrogen) atoms. The number of nitrogens with zero attached hydrogens (tertiary/aromatic N) is 1. The minimum atomic E-state index is -0.0101. The van der Waals surface area contributed by atoms with Crippen LogP contribution in [0.1, 0.15) is 18.9 Å². The molecule has 1 aliphatic rings. The Kier molecular flexibility index (Phi) is 3.38. The van der Waals surface area contributed by atoms with Crippen molar-refractivity contribution >= 4 is 11.7 Å². The first-order chi connectivity index (χ1) is 8.16. The van der Waals surface area contributed by atoms with Gasteiger partial charge in [-0.25, -0.2) is 0 Å². The molecule has 0 saturated heterocycles. The fraction of sp³-hybridized carbons (Fsp3) is 0.286. The van der Waals surface area contributed by atoms with E-state index in [-0.39, 0.29) is 18.1 Å². The minimum Gasteiger partial charge on any atom is -0.331 e. The van der Waals surface area contributed by atoms with Gasteiger partial charge in [-0.3, -0.25) is 9.59 Å². The first-order valence-corrected chi connectivity index (χ1v) is 5.68. The van der Waals surface area contributed by atoms with Crippen LogP contribution in [0.4, 0.5) is 0 Å². The van der Waals surface area contributed by atoms with E-state index in [1.807, 2.05) is 36.4 Å². The van der Waals surface area contributed by atoms with E-state index in [1.165, 1.54) is 6.92 Å². The Morgan fingerprint density at radius 1 is 1.29 bits per heavy atom. The van der Waals surface area contributed by atoms with E-state index in [4.69, 9.17) is 0 Å². The molecular weight excluding hydrogens is 214 g/mol. The molecule has 1 amide bonds. The zero-order valence-electron chi connectivity index (χ0n) is 9.85. The van der Waals surface area contributed by atoms with Gasteiger partial charge in [0.15, 0.2) is 0 Å². The maximum atomic E-state index is 12.0. The van der Waals surface area contributed by atoms with Gasteiger partial charge in [-0.15, -0.1) is 0 Å².